The fourth-order valence-corrected chi connectivity index (χ4v) is 4.67. The van der Waals surface area contributed by atoms with Crippen molar-refractivity contribution in [2.24, 2.45) is 0 Å². The molecule has 0 atom stereocenters. The highest BCUT2D eigenvalue weighted by Gasteiger charge is 2.23. The minimum Gasteiger partial charge on any atom is -0.353 e. The van der Waals surface area contributed by atoms with E-state index in [0.717, 1.165) is 40.3 Å². The number of piperazine rings is 1. The molecule has 5 rings (SSSR count). The molecule has 0 radical (unpaired) electrons. The Hall–Kier alpha value is -4.07. The zero-order valence-electron chi connectivity index (χ0n) is 21.0. The van der Waals surface area contributed by atoms with Crippen LogP contribution in [0.1, 0.15) is 18.2 Å². The Labute approximate surface area is 215 Å². The van der Waals surface area contributed by atoms with Gasteiger partial charge in [0.15, 0.2) is 0 Å². The summed E-state index contributed by atoms with van der Waals surface area (Å²) in [6.45, 7) is 6.53. The molecule has 190 valence electrons. The Morgan fingerprint density at radius 1 is 0.892 bits per heavy atom. The Morgan fingerprint density at radius 2 is 1.62 bits per heavy atom. The topological polar surface area (TPSA) is 54.3 Å². The van der Waals surface area contributed by atoms with Gasteiger partial charge in [-0.1, -0.05) is 13.0 Å². The molecule has 1 aliphatic heterocycles. The van der Waals surface area contributed by atoms with Crippen molar-refractivity contribution < 1.29 is 13.6 Å². The van der Waals surface area contributed by atoms with Gasteiger partial charge in [-0.05, 0) is 72.5 Å². The first-order valence-corrected chi connectivity index (χ1v) is 12.5. The standard InChI is InChI=1S/C29H29F2N5O/c1-3-25-16-28(33-19-32-25)34-10-12-35(13-11-34)29(37)18-36-17-23(22-6-9-26(31)20(2)14-22)15-27(36)21-4-7-24(30)8-5-21/h4-9,14-17,19H,3,10-13,18H2,1-2H3. The van der Waals surface area contributed by atoms with Crippen LogP contribution in [0.4, 0.5) is 14.6 Å². The largest absolute Gasteiger partial charge is 0.353 e. The quantitative estimate of drug-likeness (QED) is 0.369. The van der Waals surface area contributed by atoms with E-state index in [1.165, 1.54) is 18.2 Å². The van der Waals surface area contributed by atoms with Crippen molar-refractivity contribution in [3.63, 3.8) is 0 Å². The molecular weight excluding hydrogens is 472 g/mol. The van der Waals surface area contributed by atoms with Gasteiger partial charge in [-0.2, -0.15) is 0 Å². The number of halogens is 2. The second kappa shape index (κ2) is 10.5. The van der Waals surface area contributed by atoms with Crippen LogP contribution in [-0.4, -0.2) is 51.5 Å². The molecule has 0 aliphatic carbocycles. The summed E-state index contributed by atoms with van der Waals surface area (Å²) < 4.78 is 29.3. The molecule has 0 spiro atoms. The second-order valence-electron chi connectivity index (χ2n) is 9.30. The molecule has 3 heterocycles. The van der Waals surface area contributed by atoms with Crippen LogP contribution in [0, 0.1) is 18.6 Å². The number of anilines is 1. The lowest BCUT2D eigenvalue weighted by Crippen LogP contribution is -2.49. The van der Waals surface area contributed by atoms with E-state index < -0.39 is 0 Å². The maximum Gasteiger partial charge on any atom is 0.242 e. The number of aryl methyl sites for hydroxylation is 2. The average molecular weight is 502 g/mol. The number of benzene rings is 2. The van der Waals surface area contributed by atoms with Gasteiger partial charge in [0, 0.05) is 55.4 Å². The Morgan fingerprint density at radius 3 is 2.32 bits per heavy atom. The molecule has 1 fully saturated rings. The van der Waals surface area contributed by atoms with E-state index in [1.54, 1.807) is 37.5 Å². The summed E-state index contributed by atoms with van der Waals surface area (Å²) in [5, 5.41) is 0. The molecular formula is C29H29F2N5O. The molecule has 0 saturated carbocycles. The number of hydrogen-bond acceptors (Lipinski definition) is 4. The van der Waals surface area contributed by atoms with Crippen LogP contribution in [-0.2, 0) is 17.8 Å². The smallest absolute Gasteiger partial charge is 0.242 e. The first-order valence-electron chi connectivity index (χ1n) is 12.5. The average Bonchev–Trinajstić information content (AvgIpc) is 3.34. The number of nitrogens with zero attached hydrogens (tertiary/aromatic N) is 5. The number of amides is 1. The fraction of sp³-hybridized carbons (Fsp3) is 0.276. The fourth-order valence-electron chi connectivity index (χ4n) is 4.67. The number of carbonyl (C=O) groups is 1. The number of aromatic nitrogens is 3. The Kier molecular flexibility index (Phi) is 6.99. The zero-order valence-corrected chi connectivity index (χ0v) is 21.0. The minimum atomic E-state index is -0.320. The van der Waals surface area contributed by atoms with E-state index in [1.807, 2.05) is 27.8 Å². The van der Waals surface area contributed by atoms with E-state index in [2.05, 4.69) is 21.8 Å². The molecule has 0 N–H and O–H groups in total. The van der Waals surface area contributed by atoms with Gasteiger partial charge < -0.3 is 14.4 Å². The SMILES string of the molecule is CCc1cc(N2CCN(C(=O)Cn3cc(-c4ccc(F)c(C)c4)cc3-c3ccc(F)cc3)CC2)ncn1. The highest BCUT2D eigenvalue weighted by molar-refractivity contribution is 5.79. The van der Waals surface area contributed by atoms with E-state index in [-0.39, 0.29) is 24.1 Å². The molecule has 37 heavy (non-hydrogen) atoms. The summed E-state index contributed by atoms with van der Waals surface area (Å²) in [6.07, 6.45) is 4.35. The van der Waals surface area contributed by atoms with Gasteiger partial charge in [0.2, 0.25) is 5.91 Å². The van der Waals surface area contributed by atoms with E-state index >= 15 is 0 Å². The van der Waals surface area contributed by atoms with Crippen molar-refractivity contribution in [3.05, 3.63) is 90.0 Å². The highest BCUT2D eigenvalue weighted by atomic mass is 19.1. The van der Waals surface area contributed by atoms with Gasteiger partial charge in [0.1, 0.15) is 30.3 Å². The zero-order chi connectivity index (χ0) is 25.9. The molecule has 8 heteroatoms. The minimum absolute atomic E-state index is 0.0115. The highest BCUT2D eigenvalue weighted by Crippen LogP contribution is 2.30. The Balaban J connectivity index is 1.35. The van der Waals surface area contributed by atoms with Crippen molar-refractivity contribution in [3.8, 4) is 22.4 Å². The van der Waals surface area contributed by atoms with Crippen LogP contribution >= 0.6 is 0 Å². The predicted molar refractivity (Wildman–Crippen MR) is 140 cm³/mol. The van der Waals surface area contributed by atoms with E-state index in [9.17, 15) is 13.6 Å². The van der Waals surface area contributed by atoms with E-state index in [4.69, 9.17) is 0 Å². The first kappa shape index (κ1) is 24.6. The molecule has 1 amide bonds. The molecule has 2 aromatic carbocycles. The second-order valence-corrected chi connectivity index (χ2v) is 9.30. The van der Waals surface area contributed by atoms with Crippen LogP contribution in [0.5, 0.6) is 0 Å². The van der Waals surface area contributed by atoms with Crippen LogP contribution in [0.2, 0.25) is 0 Å². The van der Waals surface area contributed by atoms with Crippen molar-refractivity contribution in [2.75, 3.05) is 31.1 Å². The first-order chi connectivity index (χ1) is 17.9. The van der Waals surface area contributed by atoms with Gasteiger partial charge in [0.25, 0.3) is 0 Å². The summed E-state index contributed by atoms with van der Waals surface area (Å²) in [7, 11) is 0. The van der Waals surface area contributed by atoms with Crippen molar-refractivity contribution >= 4 is 11.7 Å². The molecule has 4 aromatic rings. The van der Waals surface area contributed by atoms with Crippen molar-refractivity contribution in [2.45, 2.75) is 26.8 Å². The predicted octanol–water partition coefficient (Wildman–Crippen LogP) is 5.11. The maximum absolute atomic E-state index is 13.9. The number of carbonyl (C=O) groups excluding carboxylic acids is 1. The molecule has 2 aromatic heterocycles. The third-order valence-electron chi connectivity index (χ3n) is 6.86. The van der Waals surface area contributed by atoms with Crippen LogP contribution in [0.15, 0.2) is 67.1 Å². The third kappa shape index (κ3) is 5.38. The summed E-state index contributed by atoms with van der Waals surface area (Å²) in [4.78, 5) is 26.1. The normalized spacial score (nSPS) is 13.7. The van der Waals surface area contributed by atoms with Gasteiger partial charge >= 0.3 is 0 Å². The number of rotatable bonds is 6. The summed E-state index contributed by atoms with van der Waals surface area (Å²) in [5.41, 5.74) is 4.89. The molecule has 0 bridgehead atoms. The van der Waals surface area contributed by atoms with Crippen molar-refractivity contribution in [1.29, 1.82) is 0 Å². The lowest BCUT2D eigenvalue weighted by molar-refractivity contribution is -0.132. The van der Waals surface area contributed by atoms with E-state index in [0.29, 0.717) is 31.7 Å². The third-order valence-corrected chi connectivity index (χ3v) is 6.86. The lowest BCUT2D eigenvalue weighted by atomic mass is 10.0. The molecule has 1 saturated heterocycles. The van der Waals surface area contributed by atoms with Gasteiger partial charge in [0.05, 0.1) is 0 Å². The van der Waals surface area contributed by atoms with Gasteiger partial charge in [-0.3, -0.25) is 4.79 Å². The monoisotopic (exact) mass is 501 g/mol. The molecule has 0 unspecified atom stereocenters. The summed E-state index contributed by atoms with van der Waals surface area (Å²) in [6, 6.07) is 15.2. The summed E-state index contributed by atoms with van der Waals surface area (Å²) in [5.74, 6) is 0.323. The number of hydrogen-bond donors (Lipinski definition) is 0. The van der Waals surface area contributed by atoms with Crippen LogP contribution in [0.25, 0.3) is 22.4 Å². The van der Waals surface area contributed by atoms with Gasteiger partial charge in [-0.15, -0.1) is 0 Å². The molecule has 6 nitrogen and oxygen atoms in total. The Bertz CT molecular complexity index is 1410. The molecule has 1 aliphatic rings. The van der Waals surface area contributed by atoms with Gasteiger partial charge in [-0.25, -0.2) is 18.7 Å². The van der Waals surface area contributed by atoms with Crippen LogP contribution in [0.3, 0.4) is 0 Å². The van der Waals surface area contributed by atoms with Crippen molar-refractivity contribution in [1.82, 2.24) is 19.4 Å². The van der Waals surface area contributed by atoms with Crippen LogP contribution < -0.4 is 4.90 Å². The lowest BCUT2D eigenvalue weighted by Gasteiger charge is -2.35. The summed E-state index contributed by atoms with van der Waals surface area (Å²) >= 11 is 0. The maximum atomic E-state index is 13.9.